The van der Waals surface area contributed by atoms with Crippen molar-refractivity contribution in [2.75, 3.05) is 18.5 Å². The van der Waals surface area contributed by atoms with Crippen LogP contribution < -0.4 is 10.1 Å². The number of carbonyl (C=O) groups is 2. The summed E-state index contributed by atoms with van der Waals surface area (Å²) < 4.78 is 10.6. The summed E-state index contributed by atoms with van der Waals surface area (Å²) >= 11 is 5.96. The van der Waals surface area contributed by atoms with Crippen LogP contribution in [0.15, 0.2) is 36.4 Å². The van der Waals surface area contributed by atoms with Crippen LogP contribution in [0, 0.1) is 23.0 Å². The molecule has 0 aromatic heterocycles. The normalized spacial score (nSPS) is 15.1. The first kappa shape index (κ1) is 19.6. The van der Waals surface area contributed by atoms with E-state index >= 15 is 0 Å². The van der Waals surface area contributed by atoms with Crippen LogP contribution in [0.25, 0.3) is 0 Å². The molecule has 0 bridgehead atoms. The fourth-order valence-electron chi connectivity index (χ4n) is 2.86. The maximum atomic E-state index is 12.2. The van der Waals surface area contributed by atoms with E-state index in [0.717, 1.165) is 5.56 Å². The smallest absolute Gasteiger partial charge is 0.313 e. The molecule has 28 heavy (non-hydrogen) atoms. The van der Waals surface area contributed by atoms with Gasteiger partial charge in [0.15, 0.2) is 6.61 Å². The van der Waals surface area contributed by atoms with E-state index in [9.17, 15) is 19.7 Å². The molecule has 8 nitrogen and oxygen atoms in total. The van der Waals surface area contributed by atoms with E-state index in [0.29, 0.717) is 28.4 Å². The molecule has 0 aliphatic carbocycles. The molecule has 1 heterocycles. The molecule has 3 rings (SSSR count). The second-order valence-electron chi connectivity index (χ2n) is 6.38. The Bertz CT molecular complexity index is 946. The largest absolute Gasteiger partial charge is 0.492 e. The highest BCUT2D eigenvalue weighted by Gasteiger charge is 2.28. The molecule has 2 aromatic rings. The Hall–Kier alpha value is -3.13. The predicted octanol–water partition coefficient (Wildman–Crippen LogP) is 3.29. The van der Waals surface area contributed by atoms with E-state index in [1.54, 1.807) is 25.1 Å². The molecule has 1 aliphatic rings. The summed E-state index contributed by atoms with van der Waals surface area (Å²) in [5.74, 6) is -0.925. The number of nitrogens with zero attached hydrogens (tertiary/aromatic N) is 1. The van der Waals surface area contributed by atoms with E-state index in [1.165, 1.54) is 18.2 Å². The number of esters is 1. The molecule has 9 heteroatoms. The highest BCUT2D eigenvalue weighted by molar-refractivity contribution is 6.30. The summed E-state index contributed by atoms with van der Waals surface area (Å²) in [5, 5.41) is 13.9. The Kier molecular flexibility index (Phi) is 5.79. The number of anilines is 1. The quantitative estimate of drug-likeness (QED) is 0.465. The van der Waals surface area contributed by atoms with Gasteiger partial charge >= 0.3 is 5.97 Å². The second kappa shape index (κ2) is 8.26. The summed E-state index contributed by atoms with van der Waals surface area (Å²) in [6, 6.07) is 9.27. The molecular weight excluding hydrogens is 388 g/mol. The SMILES string of the molecule is Cc1cc([N+](=O)[O-])ccc1NC(=O)COC(=O)[C@@H]1COc2ccc(Cl)cc2C1. The lowest BCUT2D eigenvalue weighted by Gasteiger charge is -2.24. The van der Waals surface area contributed by atoms with Gasteiger partial charge in [0, 0.05) is 22.8 Å². The highest BCUT2D eigenvalue weighted by Crippen LogP contribution is 2.30. The number of hydrogen-bond acceptors (Lipinski definition) is 6. The van der Waals surface area contributed by atoms with Gasteiger partial charge in [-0.25, -0.2) is 0 Å². The summed E-state index contributed by atoms with van der Waals surface area (Å²) in [6.07, 6.45) is 0.414. The lowest BCUT2D eigenvalue weighted by Crippen LogP contribution is -2.32. The van der Waals surface area contributed by atoms with Gasteiger partial charge in [0.1, 0.15) is 12.4 Å². The van der Waals surface area contributed by atoms with Crippen LogP contribution in [-0.2, 0) is 20.7 Å². The van der Waals surface area contributed by atoms with E-state index in [2.05, 4.69) is 5.32 Å². The molecule has 146 valence electrons. The number of carbonyl (C=O) groups excluding carboxylic acids is 2. The number of nitro benzene ring substituents is 1. The molecule has 0 fully saturated rings. The number of non-ortho nitro benzene ring substituents is 1. The summed E-state index contributed by atoms with van der Waals surface area (Å²) in [6.45, 7) is 1.33. The number of fused-ring (bicyclic) bond motifs is 1. The molecule has 0 spiro atoms. The van der Waals surface area contributed by atoms with Crippen LogP contribution in [0.5, 0.6) is 5.75 Å². The van der Waals surface area contributed by atoms with Gasteiger partial charge in [0.2, 0.25) is 0 Å². The highest BCUT2D eigenvalue weighted by atomic mass is 35.5. The van der Waals surface area contributed by atoms with E-state index in [1.807, 2.05) is 0 Å². The monoisotopic (exact) mass is 404 g/mol. The van der Waals surface area contributed by atoms with Crippen molar-refractivity contribution in [2.45, 2.75) is 13.3 Å². The van der Waals surface area contributed by atoms with Gasteiger partial charge in [-0.1, -0.05) is 11.6 Å². The average Bonchev–Trinajstić information content (AvgIpc) is 2.66. The lowest BCUT2D eigenvalue weighted by molar-refractivity contribution is -0.384. The minimum absolute atomic E-state index is 0.0698. The van der Waals surface area contributed by atoms with Crippen molar-refractivity contribution >= 4 is 34.9 Å². The molecule has 0 saturated carbocycles. The molecule has 0 radical (unpaired) electrons. The number of aryl methyl sites for hydroxylation is 1. The fourth-order valence-corrected chi connectivity index (χ4v) is 3.05. The van der Waals surface area contributed by atoms with Crippen molar-refractivity contribution in [3.05, 3.63) is 62.7 Å². The van der Waals surface area contributed by atoms with E-state index in [-0.39, 0.29) is 12.3 Å². The van der Waals surface area contributed by atoms with Crippen molar-refractivity contribution in [1.29, 1.82) is 0 Å². The Labute approximate surface area is 165 Å². The molecule has 1 N–H and O–H groups in total. The average molecular weight is 405 g/mol. The number of benzene rings is 2. The van der Waals surface area contributed by atoms with Crippen LogP contribution in [0.3, 0.4) is 0 Å². The van der Waals surface area contributed by atoms with Gasteiger partial charge in [-0.2, -0.15) is 0 Å². The number of hydrogen-bond donors (Lipinski definition) is 1. The summed E-state index contributed by atoms with van der Waals surface area (Å²) in [5.41, 5.74) is 1.69. The van der Waals surface area contributed by atoms with Crippen LogP contribution in [0.4, 0.5) is 11.4 Å². The fraction of sp³-hybridized carbons (Fsp3) is 0.263. The molecule has 1 aliphatic heterocycles. The molecule has 1 amide bonds. The molecule has 2 aromatic carbocycles. The maximum absolute atomic E-state index is 12.2. The zero-order valence-electron chi connectivity index (χ0n) is 14.9. The Morgan fingerprint density at radius 2 is 2.11 bits per heavy atom. The van der Waals surface area contributed by atoms with Crippen molar-refractivity contribution in [1.82, 2.24) is 0 Å². The van der Waals surface area contributed by atoms with Crippen molar-refractivity contribution in [3.63, 3.8) is 0 Å². The van der Waals surface area contributed by atoms with Gasteiger partial charge in [0.05, 0.1) is 10.8 Å². The standard InChI is InChI=1S/C19H17ClN2O6/c1-11-6-15(22(25)26)3-4-16(11)21-18(23)10-28-19(24)13-7-12-8-14(20)2-5-17(12)27-9-13/h2-6,8,13H,7,9-10H2,1H3,(H,21,23)/t13-/m0/s1. The zero-order valence-corrected chi connectivity index (χ0v) is 15.7. The Morgan fingerprint density at radius 1 is 1.32 bits per heavy atom. The number of amides is 1. The van der Waals surface area contributed by atoms with Crippen LogP contribution in [0.1, 0.15) is 11.1 Å². The topological polar surface area (TPSA) is 108 Å². The summed E-state index contributed by atoms with van der Waals surface area (Å²) in [7, 11) is 0. The third kappa shape index (κ3) is 4.58. The van der Waals surface area contributed by atoms with Crippen molar-refractivity contribution in [3.8, 4) is 5.75 Å². The van der Waals surface area contributed by atoms with Gasteiger partial charge in [0.25, 0.3) is 11.6 Å². The number of halogens is 1. The third-order valence-electron chi connectivity index (χ3n) is 4.30. The van der Waals surface area contributed by atoms with Crippen LogP contribution in [-0.4, -0.2) is 30.0 Å². The zero-order chi connectivity index (χ0) is 20.3. The lowest BCUT2D eigenvalue weighted by atomic mass is 9.97. The van der Waals surface area contributed by atoms with Gasteiger partial charge < -0.3 is 14.8 Å². The first-order valence-corrected chi connectivity index (χ1v) is 8.84. The second-order valence-corrected chi connectivity index (χ2v) is 6.81. The van der Waals surface area contributed by atoms with Gasteiger partial charge in [-0.15, -0.1) is 0 Å². The minimum atomic E-state index is -0.541. The van der Waals surface area contributed by atoms with Gasteiger partial charge in [-0.3, -0.25) is 19.7 Å². The third-order valence-corrected chi connectivity index (χ3v) is 4.54. The Morgan fingerprint density at radius 3 is 2.82 bits per heavy atom. The van der Waals surface area contributed by atoms with Gasteiger partial charge in [-0.05, 0) is 48.7 Å². The van der Waals surface area contributed by atoms with Crippen molar-refractivity contribution < 1.29 is 24.0 Å². The number of nitro groups is 1. The first-order chi connectivity index (χ1) is 13.3. The molecule has 0 unspecified atom stereocenters. The number of rotatable bonds is 5. The van der Waals surface area contributed by atoms with Crippen LogP contribution in [0.2, 0.25) is 5.02 Å². The Balaban J connectivity index is 1.53. The summed E-state index contributed by atoms with van der Waals surface area (Å²) in [4.78, 5) is 34.5. The van der Waals surface area contributed by atoms with Crippen LogP contribution >= 0.6 is 11.6 Å². The first-order valence-electron chi connectivity index (χ1n) is 8.46. The molecular formula is C19H17ClN2O6. The predicted molar refractivity (Wildman–Crippen MR) is 102 cm³/mol. The molecule has 1 atom stereocenters. The minimum Gasteiger partial charge on any atom is -0.492 e. The van der Waals surface area contributed by atoms with E-state index < -0.39 is 29.3 Å². The van der Waals surface area contributed by atoms with Crippen molar-refractivity contribution in [2.24, 2.45) is 5.92 Å². The maximum Gasteiger partial charge on any atom is 0.313 e. The van der Waals surface area contributed by atoms with E-state index in [4.69, 9.17) is 21.1 Å². The molecule has 0 saturated heterocycles. The number of ether oxygens (including phenoxy) is 2. The number of nitrogens with one attached hydrogen (secondary N) is 1.